The molecule has 2 aliphatic carbocycles. The molecule has 0 aliphatic heterocycles. The average molecular weight is 483 g/mol. The Morgan fingerprint density at radius 3 is 1.89 bits per heavy atom. The summed E-state index contributed by atoms with van der Waals surface area (Å²) < 4.78 is 41.6. The minimum Gasteiger partial charge on any atom is -0.207 e. The van der Waals surface area contributed by atoms with Gasteiger partial charge in [-0.25, -0.2) is 13.2 Å². The van der Waals surface area contributed by atoms with Gasteiger partial charge in [-0.05, 0) is 122 Å². The molecule has 0 amide bonds. The summed E-state index contributed by atoms with van der Waals surface area (Å²) in [5.74, 6) is 1.83. The average Bonchev–Trinajstić information content (AvgIpc) is 2.86. The van der Waals surface area contributed by atoms with Gasteiger partial charge in [-0.3, -0.25) is 0 Å². The highest BCUT2D eigenvalue weighted by Gasteiger charge is 2.30. The van der Waals surface area contributed by atoms with Crippen LogP contribution in [0.4, 0.5) is 13.2 Å². The fourth-order valence-corrected chi connectivity index (χ4v) is 6.60. The maximum Gasteiger partial charge on any atom is 0.126 e. The van der Waals surface area contributed by atoms with Crippen molar-refractivity contribution in [3.63, 3.8) is 0 Å². The van der Waals surface area contributed by atoms with E-state index in [4.69, 9.17) is 0 Å². The Morgan fingerprint density at radius 1 is 0.743 bits per heavy atom. The maximum atomic E-state index is 14.0. The molecule has 2 aromatic carbocycles. The predicted molar refractivity (Wildman–Crippen MR) is 140 cm³/mol. The molecule has 0 heterocycles. The lowest BCUT2D eigenvalue weighted by molar-refractivity contribution is 0.141. The summed E-state index contributed by atoms with van der Waals surface area (Å²) in [4.78, 5) is 0. The van der Waals surface area contributed by atoms with E-state index in [-0.39, 0.29) is 5.82 Å². The van der Waals surface area contributed by atoms with E-state index in [9.17, 15) is 13.2 Å². The van der Waals surface area contributed by atoms with Gasteiger partial charge >= 0.3 is 0 Å². The van der Waals surface area contributed by atoms with Crippen LogP contribution < -0.4 is 0 Å². The standard InChI is InChI=1S/C32H41F3/c1-3-22(2)4-5-23-6-11-25(12-7-23)26-13-8-24(9-14-26)10-15-27-18-29(33)16-17-32(27)28-19-30(34)21-31(35)20-28/h16-21,23-26H,2-15H2,1H3. The smallest absolute Gasteiger partial charge is 0.126 e. The molecule has 0 radical (unpaired) electrons. The highest BCUT2D eigenvalue weighted by molar-refractivity contribution is 5.67. The van der Waals surface area contributed by atoms with E-state index in [1.165, 1.54) is 94.0 Å². The first-order valence-corrected chi connectivity index (χ1v) is 13.8. The Kier molecular flexibility index (Phi) is 9.14. The molecule has 2 saturated carbocycles. The van der Waals surface area contributed by atoms with Gasteiger partial charge in [0.15, 0.2) is 0 Å². The van der Waals surface area contributed by atoms with Crippen molar-refractivity contribution in [3.05, 3.63) is 71.6 Å². The van der Waals surface area contributed by atoms with E-state index in [1.807, 2.05) is 0 Å². The van der Waals surface area contributed by atoms with Crippen molar-refractivity contribution in [2.24, 2.45) is 23.7 Å². The molecule has 0 atom stereocenters. The minimum absolute atomic E-state index is 0.293. The van der Waals surface area contributed by atoms with Crippen molar-refractivity contribution in [3.8, 4) is 11.1 Å². The summed E-state index contributed by atoms with van der Waals surface area (Å²) in [5.41, 5.74) is 3.47. The first-order valence-electron chi connectivity index (χ1n) is 13.8. The fourth-order valence-electron chi connectivity index (χ4n) is 6.60. The van der Waals surface area contributed by atoms with Gasteiger partial charge in [-0.2, -0.15) is 0 Å². The van der Waals surface area contributed by atoms with Gasteiger partial charge in [0, 0.05) is 6.07 Å². The van der Waals surface area contributed by atoms with Crippen LogP contribution in [0, 0.1) is 41.1 Å². The molecule has 0 bridgehead atoms. The number of benzene rings is 2. The molecule has 0 nitrogen and oxygen atoms in total. The largest absolute Gasteiger partial charge is 0.207 e. The molecule has 2 fully saturated rings. The summed E-state index contributed by atoms with van der Waals surface area (Å²) in [6, 6.07) is 8.12. The van der Waals surface area contributed by atoms with Gasteiger partial charge in [0.05, 0.1) is 0 Å². The third kappa shape index (κ3) is 7.24. The van der Waals surface area contributed by atoms with Crippen LogP contribution in [0.25, 0.3) is 11.1 Å². The van der Waals surface area contributed by atoms with Gasteiger partial charge in [0.25, 0.3) is 0 Å². The first kappa shape index (κ1) is 26.0. The van der Waals surface area contributed by atoms with Crippen molar-refractivity contribution >= 4 is 0 Å². The Balaban J connectivity index is 1.26. The zero-order valence-electron chi connectivity index (χ0n) is 21.3. The lowest BCUT2D eigenvalue weighted by Crippen LogP contribution is -2.26. The molecular weight excluding hydrogens is 441 g/mol. The summed E-state index contributed by atoms with van der Waals surface area (Å²) in [7, 11) is 0. The van der Waals surface area contributed by atoms with E-state index in [1.54, 1.807) is 6.07 Å². The molecule has 0 aromatic heterocycles. The second kappa shape index (κ2) is 12.3. The molecule has 2 aliphatic rings. The normalized spacial score (nSPS) is 24.9. The van der Waals surface area contributed by atoms with Crippen LogP contribution in [0.1, 0.15) is 89.5 Å². The number of hydrogen-bond donors (Lipinski definition) is 0. The summed E-state index contributed by atoms with van der Waals surface area (Å²) >= 11 is 0. The third-order valence-electron chi connectivity index (χ3n) is 8.92. The second-order valence-electron chi connectivity index (χ2n) is 11.2. The van der Waals surface area contributed by atoms with Crippen LogP contribution in [0.5, 0.6) is 0 Å². The summed E-state index contributed by atoms with van der Waals surface area (Å²) in [6.07, 6.45) is 16.1. The van der Waals surface area contributed by atoms with Crippen molar-refractivity contribution in [2.75, 3.05) is 0 Å². The van der Waals surface area contributed by atoms with E-state index >= 15 is 0 Å². The number of allylic oxidation sites excluding steroid dienone is 1. The van der Waals surface area contributed by atoms with Crippen LogP contribution in [0.3, 0.4) is 0 Å². The zero-order chi connectivity index (χ0) is 24.8. The maximum absolute atomic E-state index is 14.0. The molecule has 0 spiro atoms. The number of rotatable bonds is 9. The number of aryl methyl sites for hydroxylation is 1. The van der Waals surface area contributed by atoms with Crippen LogP contribution in [0.2, 0.25) is 0 Å². The van der Waals surface area contributed by atoms with Crippen LogP contribution in [0.15, 0.2) is 48.6 Å². The lowest BCUT2D eigenvalue weighted by atomic mass is 9.68. The van der Waals surface area contributed by atoms with Gasteiger partial charge in [0.2, 0.25) is 0 Å². The second-order valence-corrected chi connectivity index (χ2v) is 11.2. The zero-order valence-corrected chi connectivity index (χ0v) is 21.3. The molecule has 3 heteroatoms. The molecule has 0 unspecified atom stereocenters. The molecule has 0 N–H and O–H groups in total. The number of halogens is 3. The van der Waals surface area contributed by atoms with Gasteiger partial charge in [-0.1, -0.05) is 50.8 Å². The topological polar surface area (TPSA) is 0 Å². The lowest BCUT2D eigenvalue weighted by Gasteiger charge is -2.38. The van der Waals surface area contributed by atoms with Crippen molar-refractivity contribution < 1.29 is 13.2 Å². The fraction of sp³-hybridized carbons (Fsp3) is 0.562. The molecule has 2 aromatic rings. The quantitative estimate of drug-likeness (QED) is 0.312. The highest BCUT2D eigenvalue weighted by Crippen LogP contribution is 2.43. The highest BCUT2D eigenvalue weighted by atomic mass is 19.1. The van der Waals surface area contributed by atoms with Crippen LogP contribution >= 0.6 is 0 Å². The monoisotopic (exact) mass is 482 g/mol. The summed E-state index contributed by atoms with van der Waals surface area (Å²) in [5, 5.41) is 0. The number of hydrogen-bond acceptors (Lipinski definition) is 0. The van der Waals surface area contributed by atoms with Crippen molar-refractivity contribution in [1.82, 2.24) is 0 Å². The third-order valence-corrected chi connectivity index (χ3v) is 8.92. The minimum atomic E-state index is -0.603. The Bertz CT molecular complexity index is 958. The summed E-state index contributed by atoms with van der Waals surface area (Å²) in [6.45, 7) is 6.38. The Hall–Kier alpha value is -2.03. The van der Waals surface area contributed by atoms with E-state index in [0.29, 0.717) is 11.5 Å². The SMILES string of the molecule is C=C(CC)CCC1CCC(C2CCC(CCc3cc(F)ccc3-c3cc(F)cc(F)c3)CC2)CC1. The first-order chi connectivity index (χ1) is 16.9. The van der Waals surface area contributed by atoms with Crippen molar-refractivity contribution in [1.29, 1.82) is 0 Å². The Morgan fingerprint density at radius 2 is 1.31 bits per heavy atom. The Labute approximate surface area is 210 Å². The van der Waals surface area contributed by atoms with E-state index < -0.39 is 11.6 Å². The van der Waals surface area contributed by atoms with Gasteiger partial charge < -0.3 is 0 Å². The van der Waals surface area contributed by atoms with E-state index in [0.717, 1.165) is 54.2 Å². The van der Waals surface area contributed by atoms with Crippen molar-refractivity contribution in [2.45, 2.75) is 90.4 Å². The van der Waals surface area contributed by atoms with Gasteiger partial charge in [-0.15, -0.1) is 0 Å². The molecule has 0 saturated heterocycles. The van der Waals surface area contributed by atoms with Crippen LogP contribution in [-0.4, -0.2) is 0 Å². The molecular formula is C32H41F3. The molecule has 4 rings (SSSR count). The predicted octanol–water partition coefficient (Wildman–Crippen LogP) is 10.1. The molecule has 190 valence electrons. The molecule has 35 heavy (non-hydrogen) atoms. The van der Waals surface area contributed by atoms with Crippen LogP contribution in [-0.2, 0) is 6.42 Å². The van der Waals surface area contributed by atoms with Gasteiger partial charge in [0.1, 0.15) is 17.5 Å². The van der Waals surface area contributed by atoms with E-state index in [2.05, 4.69) is 13.5 Å².